The molecule has 35 heavy (non-hydrogen) atoms. The van der Waals surface area contributed by atoms with Crippen LogP contribution in [0.3, 0.4) is 0 Å². The second kappa shape index (κ2) is 9.46. The zero-order valence-corrected chi connectivity index (χ0v) is 18.8. The Morgan fingerprint density at radius 3 is 2.69 bits per heavy atom. The number of hydrogen-bond donors (Lipinski definition) is 2. The number of rotatable bonds is 6. The van der Waals surface area contributed by atoms with E-state index in [2.05, 4.69) is 25.5 Å². The Balaban J connectivity index is 1.36. The molecule has 0 bridgehead atoms. The second-order valence-corrected chi connectivity index (χ2v) is 8.68. The predicted octanol–water partition coefficient (Wildman–Crippen LogP) is 4.97. The monoisotopic (exact) mass is 480 g/mol. The van der Waals surface area contributed by atoms with Crippen LogP contribution in [0.4, 0.5) is 19.0 Å². The van der Waals surface area contributed by atoms with Gasteiger partial charge in [-0.25, -0.2) is 18.2 Å². The number of benzene rings is 1. The van der Waals surface area contributed by atoms with Gasteiger partial charge in [0.1, 0.15) is 12.5 Å². The summed E-state index contributed by atoms with van der Waals surface area (Å²) in [5, 5.41) is 10.3. The molecule has 5 rings (SSSR count). The molecule has 3 aromatic heterocycles. The Labute approximate surface area is 199 Å². The van der Waals surface area contributed by atoms with Crippen LogP contribution in [0.5, 0.6) is 0 Å². The van der Waals surface area contributed by atoms with Gasteiger partial charge in [-0.05, 0) is 47.0 Å². The van der Waals surface area contributed by atoms with Crippen molar-refractivity contribution in [1.29, 1.82) is 0 Å². The molecule has 10 heteroatoms. The third kappa shape index (κ3) is 5.17. The van der Waals surface area contributed by atoms with Gasteiger partial charge in [-0.1, -0.05) is 6.07 Å². The third-order valence-corrected chi connectivity index (χ3v) is 6.12. The number of alkyl halides is 3. The van der Waals surface area contributed by atoms with E-state index in [-0.39, 0.29) is 24.4 Å². The van der Waals surface area contributed by atoms with Gasteiger partial charge in [-0.3, -0.25) is 19.8 Å². The van der Waals surface area contributed by atoms with Crippen molar-refractivity contribution in [2.24, 2.45) is 0 Å². The average Bonchev–Trinajstić information content (AvgIpc) is 3.29. The van der Waals surface area contributed by atoms with Gasteiger partial charge in [0.05, 0.1) is 5.52 Å². The Hall–Kier alpha value is -3.79. The van der Waals surface area contributed by atoms with Gasteiger partial charge in [-0.2, -0.15) is 5.10 Å². The molecule has 1 fully saturated rings. The van der Waals surface area contributed by atoms with Gasteiger partial charge in [-0.15, -0.1) is 0 Å². The summed E-state index contributed by atoms with van der Waals surface area (Å²) in [4.78, 5) is 23.3. The first-order chi connectivity index (χ1) is 16.9. The maximum atomic E-state index is 13.5. The van der Waals surface area contributed by atoms with E-state index < -0.39 is 18.5 Å². The smallest absolute Gasteiger partial charge is 0.277 e. The molecule has 4 heterocycles. The maximum absolute atomic E-state index is 13.5. The average molecular weight is 480 g/mol. The molecule has 1 amide bonds. The van der Waals surface area contributed by atoms with E-state index in [1.54, 1.807) is 12.4 Å². The quantitative estimate of drug-likeness (QED) is 0.407. The van der Waals surface area contributed by atoms with Crippen LogP contribution >= 0.6 is 0 Å². The molecule has 7 nitrogen and oxygen atoms in total. The molecule has 1 aromatic carbocycles. The number of fused-ring (bicyclic) bond motifs is 1. The predicted molar refractivity (Wildman–Crippen MR) is 126 cm³/mol. The number of halogens is 3. The highest BCUT2D eigenvalue weighted by molar-refractivity contribution is 6.11. The Bertz CT molecular complexity index is 1360. The van der Waals surface area contributed by atoms with E-state index in [9.17, 15) is 18.0 Å². The lowest BCUT2D eigenvalue weighted by atomic mass is 10.0. The summed E-state index contributed by atoms with van der Waals surface area (Å²) in [6.07, 6.45) is 4.64. The molecular formula is C25H23F3N6O. The molecular weight excluding hydrogens is 457 g/mol. The lowest BCUT2D eigenvalue weighted by Crippen LogP contribution is -2.38. The number of amides is 1. The Morgan fingerprint density at radius 1 is 1.06 bits per heavy atom. The number of nitrogens with zero attached hydrogens (tertiary/aromatic N) is 4. The Kier molecular flexibility index (Phi) is 6.21. The summed E-state index contributed by atoms with van der Waals surface area (Å²) in [5.74, 6) is -2.80. The molecule has 0 unspecified atom stereocenters. The van der Waals surface area contributed by atoms with E-state index in [0.717, 1.165) is 16.7 Å². The molecule has 1 saturated heterocycles. The fourth-order valence-electron chi connectivity index (χ4n) is 4.20. The van der Waals surface area contributed by atoms with E-state index >= 15 is 0 Å². The highest BCUT2D eigenvalue weighted by Gasteiger charge is 2.33. The standard InChI is InChI=1S/C25H23F3N6O/c26-12-16-3-6-30-22(10-16)31-24(35)23-20-11-18(1-2-21(20)32-33-23)19-9-17(13-29-14-19)15-34-7-4-25(27,28)5-8-34/h1-3,6,9-11,13-14H,4-5,7-8,12,15H2,(H,32,33)(H,30,31,35). The zero-order valence-electron chi connectivity index (χ0n) is 18.8. The summed E-state index contributed by atoms with van der Waals surface area (Å²) in [6, 6.07) is 10.6. The van der Waals surface area contributed by atoms with Crippen LogP contribution in [-0.2, 0) is 13.2 Å². The number of aromatic nitrogens is 4. The first-order valence-corrected chi connectivity index (χ1v) is 11.2. The van der Waals surface area contributed by atoms with Crippen LogP contribution in [0.25, 0.3) is 22.0 Å². The molecule has 0 radical (unpaired) electrons. The summed E-state index contributed by atoms with van der Waals surface area (Å²) < 4.78 is 39.8. The number of hydrogen-bond acceptors (Lipinski definition) is 5. The van der Waals surface area contributed by atoms with Crippen molar-refractivity contribution < 1.29 is 18.0 Å². The summed E-state index contributed by atoms with van der Waals surface area (Å²) in [7, 11) is 0. The SMILES string of the molecule is O=C(Nc1cc(CF)ccn1)c1n[nH]c2ccc(-c3cncc(CN4CCC(F)(F)CC4)c3)cc12. The van der Waals surface area contributed by atoms with Gasteiger partial charge in [0.25, 0.3) is 11.8 Å². The van der Waals surface area contributed by atoms with Crippen molar-refractivity contribution in [3.63, 3.8) is 0 Å². The number of likely N-dealkylation sites (tertiary alicyclic amines) is 1. The number of H-pyrrole nitrogens is 1. The fraction of sp³-hybridized carbons (Fsp3) is 0.280. The lowest BCUT2D eigenvalue weighted by Gasteiger charge is -2.31. The number of carbonyl (C=O) groups excluding carboxylic acids is 1. The van der Waals surface area contributed by atoms with Crippen LogP contribution in [-0.4, -0.2) is 50.0 Å². The summed E-state index contributed by atoms with van der Waals surface area (Å²) in [5.41, 5.74) is 3.89. The highest BCUT2D eigenvalue weighted by Crippen LogP contribution is 2.29. The number of carbonyl (C=O) groups is 1. The maximum Gasteiger partial charge on any atom is 0.277 e. The minimum Gasteiger partial charge on any atom is -0.305 e. The van der Waals surface area contributed by atoms with Crippen LogP contribution in [0, 0.1) is 0 Å². The fourth-order valence-corrected chi connectivity index (χ4v) is 4.20. The number of anilines is 1. The van der Waals surface area contributed by atoms with E-state index in [4.69, 9.17) is 0 Å². The van der Waals surface area contributed by atoms with E-state index in [0.29, 0.717) is 36.1 Å². The van der Waals surface area contributed by atoms with Crippen molar-refractivity contribution in [2.75, 3.05) is 18.4 Å². The van der Waals surface area contributed by atoms with Crippen LogP contribution < -0.4 is 5.32 Å². The van der Waals surface area contributed by atoms with Crippen molar-refractivity contribution in [1.82, 2.24) is 25.1 Å². The van der Waals surface area contributed by atoms with Crippen molar-refractivity contribution in [2.45, 2.75) is 32.0 Å². The minimum atomic E-state index is -2.58. The van der Waals surface area contributed by atoms with Gasteiger partial charge < -0.3 is 5.32 Å². The third-order valence-electron chi connectivity index (χ3n) is 6.12. The number of nitrogens with one attached hydrogen (secondary N) is 2. The van der Waals surface area contributed by atoms with Gasteiger partial charge in [0.15, 0.2) is 5.69 Å². The van der Waals surface area contributed by atoms with Crippen LogP contribution in [0.1, 0.15) is 34.5 Å². The first kappa shape index (κ1) is 23.0. The summed E-state index contributed by atoms with van der Waals surface area (Å²) >= 11 is 0. The highest BCUT2D eigenvalue weighted by atomic mass is 19.3. The molecule has 0 atom stereocenters. The topological polar surface area (TPSA) is 86.8 Å². The molecule has 1 aliphatic rings. The van der Waals surface area contributed by atoms with Gasteiger partial charge >= 0.3 is 0 Å². The number of piperidine rings is 1. The van der Waals surface area contributed by atoms with E-state index in [1.165, 1.54) is 18.3 Å². The normalized spacial score (nSPS) is 15.9. The lowest BCUT2D eigenvalue weighted by molar-refractivity contribution is -0.0566. The number of aromatic amines is 1. The van der Waals surface area contributed by atoms with Crippen molar-refractivity contribution in [3.8, 4) is 11.1 Å². The zero-order chi connectivity index (χ0) is 24.4. The summed E-state index contributed by atoms with van der Waals surface area (Å²) in [6.45, 7) is 0.584. The molecule has 0 aliphatic carbocycles. The Morgan fingerprint density at radius 2 is 1.89 bits per heavy atom. The molecule has 4 aromatic rings. The van der Waals surface area contributed by atoms with Gasteiger partial charge in [0.2, 0.25) is 0 Å². The molecule has 0 saturated carbocycles. The second-order valence-electron chi connectivity index (χ2n) is 8.68. The van der Waals surface area contributed by atoms with Crippen molar-refractivity contribution >= 4 is 22.6 Å². The largest absolute Gasteiger partial charge is 0.305 e. The van der Waals surface area contributed by atoms with Crippen molar-refractivity contribution in [3.05, 3.63) is 71.8 Å². The minimum absolute atomic E-state index is 0.129. The number of pyridine rings is 2. The van der Waals surface area contributed by atoms with Gasteiger partial charge in [0, 0.05) is 62.0 Å². The molecule has 1 aliphatic heterocycles. The molecule has 0 spiro atoms. The van der Waals surface area contributed by atoms with Crippen LogP contribution in [0.15, 0.2) is 55.0 Å². The molecule has 180 valence electrons. The first-order valence-electron chi connectivity index (χ1n) is 11.2. The van der Waals surface area contributed by atoms with Crippen LogP contribution in [0.2, 0.25) is 0 Å². The molecule has 2 N–H and O–H groups in total. The van der Waals surface area contributed by atoms with E-state index in [1.807, 2.05) is 29.2 Å².